The number of pyridine rings is 2. The second-order valence-electron chi connectivity index (χ2n) is 8.44. The predicted molar refractivity (Wildman–Crippen MR) is 120 cm³/mol. The van der Waals surface area contributed by atoms with E-state index in [0.29, 0.717) is 24.7 Å². The summed E-state index contributed by atoms with van der Waals surface area (Å²) in [5.74, 6) is -1.56. The summed E-state index contributed by atoms with van der Waals surface area (Å²) in [7, 11) is 0. The van der Waals surface area contributed by atoms with E-state index in [4.69, 9.17) is 20.0 Å². The molecule has 0 spiro atoms. The van der Waals surface area contributed by atoms with Gasteiger partial charge in [0, 0.05) is 38.3 Å². The van der Waals surface area contributed by atoms with Crippen LogP contribution in [0, 0.1) is 0 Å². The summed E-state index contributed by atoms with van der Waals surface area (Å²) >= 11 is 0. The number of carbonyl (C=O) groups is 2. The predicted octanol–water partition coefficient (Wildman–Crippen LogP) is 3.38. The molecule has 2 fully saturated rings. The van der Waals surface area contributed by atoms with E-state index in [9.17, 15) is 18.0 Å². The van der Waals surface area contributed by atoms with Crippen LogP contribution in [0.25, 0.3) is 5.65 Å². The van der Waals surface area contributed by atoms with Crippen molar-refractivity contribution in [3.63, 3.8) is 0 Å². The Hall–Kier alpha value is -3.70. The number of hydrogen-bond donors (Lipinski definition) is 1. The summed E-state index contributed by atoms with van der Waals surface area (Å²) in [6, 6.07) is 9.66. The number of hydrogen-bond acceptors (Lipinski definition) is 6. The molecule has 2 aliphatic rings. The highest BCUT2D eigenvalue weighted by Gasteiger charge is 2.38. The van der Waals surface area contributed by atoms with Gasteiger partial charge in [0.05, 0.1) is 11.9 Å². The molecular formula is C23H25F3N6O3. The fraction of sp³-hybridized carbons (Fsp3) is 0.435. The Balaban J connectivity index is 0.000000364. The molecule has 0 unspecified atom stereocenters. The van der Waals surface area contributed by atoms with E-state index in [1.54, 1.807) is 12.3 Å². The van der Waals surface area contributed by atoms with Gasteiger partial charge in [0.15, 0.2) is 11.5 Å². The maximum absolute atomic E-state index is 12.6. The van der Waals surface area contributed by atoms with Crippen LogP contribution in [0.15, 0.2) is 42.7 Å². The lowest BCUT2D eigenvalue weighted by atomic mass is 9.96. The molecule has 186 valence electrons. The van der Waals surface area contributed by atoms with Crippen molar-refractivity contribution < 1.29 is 27.9 Å². The number of aliphatic carboxylic acids is 1. The normalized spacial score (nSPS) is 16.8. The van der Waals surface area contributed by atoms with Gasteiger partial charge in [-0.2, -0.15) is 18.3 Å². The molecule has 0 saturated carbocycles. The Morgan fingerprint density at radius 2 is 1.69 bits per heavy atom. The Morgan fingerprint density at radius 1 is 1.00 bits per heavy atom. The molecule has 1 amide bonds. The van der Waals surface area contributed by atoms with Gasteiger partial charge in [0.2, 0.25) is 0 Å². The number of fused-ring (bicyclic) bond motifs is 1. The molecule has 0 bridgehead atoms. The first-order chi connectivity index (χ1) is 16.7. The van der Waals surface area contributed by atoms with Crippen molar-refractivity contribution in [3.05, 3.63) is 54.2 Å². The zero-order valence-corrected chi connectivity index (χ0v) is 18.9. The number of carbonyl (C=O) groups excluding carboxylic acids is 1. The number of amides is 1. The van der Waals surface area contributed by atoms with Crippen LogP contribution in [0.1, 0.15) is 47.9 Å². The molecular weight excluding hydrogens is 465 g/mol. The molecule has 5 rings (SSSR count). The summed E-state index contributed by atoms with van der Waals surface area (Å²) in [6.45, 7) is 3.68. The van der Waals surface area contributed by atoms with Gasteiger partial charge in [-0.05, 0) is 49.9 Å². The van der Waals surface area contributed by atoms with Crippen molar-refractivity contribution in [2.45, 2.75) is 37.8 Å². The number of aromatic nitrogens is 4. The monoisotopic (exact) mass is 490 g/mol. The van der Waals surface area contributed by atoms with E-state index in [1.165, 1.54) is 18.5 Å². The molecule has 5 heterocycles. The third-order valence-electron chi connectivity index (χ3n) is 6.08. The first-order valence-electron chi connectivity index (χ1n) is 11.3. The fourth-order valence-electron chi connectivity index (χ4n) is 4.22. The van der Waals surface area contributed by atoms with E-state index in [1.807, 2.05) is 21.5 Å². The lowest BCUT2D eigenvalue weighted by molar-refractivity contribution is -0.192. The van der Waals surface area contributed by atoms with Crippen molar-refractivity contribution in [3.8, 4) is 0 Å². The third-order valence-corrected chi connectivity index (χ3v) is 6.08. The second kappa shape index (κ2) is 10.3. The lowest BCUT2D eigenvalue weighted by Gasteiger charge is -2.30. The molecule has 0 radical (unpaired) electrons. The van der Waals surface area contributed by atoms with E-state index in [2.05, 4.69) is 28.2 Å². The molecule has 3 aromatic heterocycles. The molecule has 0 atom stereocenters. The molecule has 35 heavy (non-hydrogen) atoms. The average Bonchev–Trinajstić information content (AvgIpc) is 3.54. The van der Waals surface area contributed by atoms with Gasteiger partial charge in [-0.25, -0.2) is 14.3 Å². The van der Waals surface area contributed by atoms with Gasteiger partial charge in [0.1, 0.15) is 5.69 Å². The maximum Gasteiger partial charge on any atom is 0.490 e. The number of nitrogens with zero attached hydrogens (tertiary/aromatic N) is 6. The van der Waals surface area contributed by atoms with E-state index in [0.717, 1.165) is 37.4 Å². The SMILES string of the molecule is O=C(O)C(F)(F)F.O=C(c1ccccn1)N1CCC(c2nc3ccc(N4CCCC4)cn3n2)CC1. The number of halogens is 3. The van der Waals surface area contributed by atoms with Crippen molar-refractivity contribution >= 4 is 23.2 Å². The first kappa shape index (κ1) is 24.4. The third kappa shape index (κ3) is 5.87. The average molecular weight is 490 g/mol. The molecule has 2 saturated heterocycles. The number of carboxylic acid groups (broad SMARTS) is 1. The Morgan fingerprint density at radius 3 is 2.29 bits per heavy atom. The highest BCUT2D eigenvalue weighted by atomic mass is 19.4. The van der Waals surface area contributed by atoms with E-state index < -0.39 is 12.1 Å². The summed E-state index contributed by atoms with van der Waals surface area (Å²) < 4.78 is 33.6. The lowest BCUT2D eigenvalue weighted by Crippen LogP contribution is -2.38. The minimum atomic E-state index is -5.08. The largest absolute Gasteiger partial charge is 0.490 e. The number of alkyl halides is 3. The van der Waals surface area contributed by atoms with Gasteiger partial charge < -0.3 is 14.9 Å². The van der Waals surface area contributed by atoms with E-state index >= 15 is 0 Å². The summed E-state index contributed by atoms with van der Waals surface area (Å²) in [6.07, 6.45) is 2.96. The van der Waals surface area contributed by atoms with Crippen LogP contribution in [0.2, 0.25) is 0 Å². The summed E-state index contributed by atoms with van der Waals surface area (Å²) in [5.41, 5.74) is 2.63. The number of likely N-dealkylation sites (tertiary alicyclic amines) is 1. The van der Waals surface area contributed by atoms with Gasteiger partial charge in [0.25, 0.3) is 5.91 Å². The number of anilines is 1. The van der Waals surface area contributed by atoms with Crippen molar-refractivity contribution in [2.75, 3.05) is 31.1 Å². The number of rotatable bonds is 3. The Labute approximate surface area is 199 Å². The van der Waals surface area contributed by atoms with Crippen LogP contribution in [0.4, 0.5) is 18.9 Å². The minimum absolute atomic E-state index is 0.0114. The standard InChI is InChI=1S/C21H24N6O.C2HF3O2/c28-21(18-5-1-2-10-22-18)26-13-8-16(9-14-26)20-23-19-7-6-17(15-27(19)24-20)25-11-3-4-12-25;3-2(4,5)1(6)7/h1-2,5-7,10,15-16H,3-4,8-9,11-14H2;(H,6,7). The zero-order valence-electron chi connectivity index (χ0n) is 18.9. The van der Waals surface area contributed by atoms with Gasteiger partial charge in [-0.1, -0.05) is 6.07 Å². The van der Waals surface area contributed by atoms with Crippen molar-refractivity contribution in [1.82, 2.24) is 24.5 Å². The molecule has 3 aromatic rings. The van der Waals surface area contributed by atoms with Crippen LogP contribution in [0.3, 0.4) is 0 Å². The van der Waals surface area contributed by atoms with Crippen LogP contribution in [0.5, 0.6) is 0 Å². The van der Waals surface area contributed by atoms with Crippen LogP contribution in [-0.4, -0.2) is 73.8 Å². The smallest absolute Gasteiger partial charge is 0.475 e. The second-order valence-corrected chi connectivity index (χ2v) is 8.44. The van der Waals surface area contributed by atoms with Crippen LogP contribution >= 0.6 is 0 Å². The van der Waals surface area contributed by atoms with Gasteiger partial charge in [-0.3, -0.25) is 9.78 Å². The molecule has 9 nitrogen and oxygen atoms in total. The Kier molecular flexibility index (Phi) is 7.17. The van der Waals surface area contributed by atoms with Crippen molar-refractivity contribution in [1.29, 1.82) is 0 Å². The maximum atomic E-state index is 12.6. The fourth-order valence-corrected chi connectivity index (χ4v) is 4.22. The Bertz CT molecular complexity index is 1170. The molecule has 0 aromatic carbocycles. The molecule has 0 aliphatic carbocycles. The molecule has 2 aliphatic heterocycles. The van der Waals surface area contributed by atoms with Gasteiger partial charge >= 0.3 is 12.1 Å². The summed E-state index contributed by atoms with van der Waals surface area (Å²) in [5, 5.41) is 11.9. The summed E-state index contributed by atoms with van der Waals surface area (Å²) in [4.78, 5) is 34.7. The molecule has 1 N–H and O–H groups in total. The zero-order chi connectivity index (χ0) is 25.0. The number of carboxylic acids is 1. The highest BCUT2D eigenvalue weighted by Crippen LogP contribution is 2.28. The highest BCUT2D eigenvalue weighted by molar-refractivity contribution is 5.92. The van der Waals surface area contributed by atoms with E-state index in [-0.39, 0.29) is 5.91 Å². The van der Waals surface area contributed by atoms with Crippen molar-refractivity contribution in [2.24, 2.45) is 0 Å². The quantitative estimate of drug-likeness (QED) is 0.600. The minimum Gasteiger partial charge on any atom is -0.475 e. The molecule has 12 heteroatoms. The van der Waals surface area contributed by atoms with Gasteiger partial charge in [-0.15, -0.1) is 0 Å². The first-order valence-corrected chi connectivity index (χ1v) is 11.3. The van der Waals surface area contributed by atoms with Crippen LogP contribution < -0.4 is 4.90 Å². The topological polar surface area (TPSA) is 104 Å². The number of piperidine rings is 1. The van der Waals surface area contributed by atoms with Crippen LogP contribution in [-0.2, 0) is 4.79 Å².